The maximum Gasteiger partial charge on any atom is 0.220 e. The Balaban J connectivity index is 1.56. The summed E-state index contributed by atoms with van der Waals surface area (Å²) in [6, 6.07) is 27.2. The normalized spacial score (nSPS) is 12.1. The van der Waals surface area contributed by atoms with Gasteiger partial charge >= 0.3 is 0 Å². The van der Waals surface area contributed by atoms with Crippen molar-refractivity contribution in [1.29, 1.82) is 0 Å². The van der Waals surface area contributed by atoms with E-state index in [-0.39, 0.29) is 11.8 Å². The highest BCUT2D eigenvalue weighted by molar-refractivity contribution is 5.86. The third-order valence-corrected chi connectivity index (χ3v) is 5.75. The molecule has 1 heterocycles. The van der Waals surface area contributed by atoms with Crippen LogP contribution in [0.4, 0.5) is 0 Å². The number of hydrogen-bond acceptors (Lipinski definition) is 1. The van der Waals surface area contributed by atoms with E-state index in [9.17, 15) is 4.79 Å². The average molecular weight is 397 g/mol. The number of fused-ring (bicyclic) bond motifs is 1. The standard InChI is InChI=1S/C27H28N2O/c1-20-12-14-22(15-13-20)24(25-19-29(2)26-11-7-6-10-23(25)26)18-27(30)28-17-16-21-8-4-3-5-9-21/h3-15,19,24H,16-18H2,1-2H3,(H,28,30)/t24-/m0/s1. The number of hydrogen-bond donors (Lipinski definition) is 1. The maximum absolute atomic E-state index is 12.9. The lowest BCUT2D eigenvalue weighted by Crippen LogP contribution is -2.27. The zero-order valence-corrected chi connectivity index (χ0v) is 17.6. The molecule has 4 aromatic rings. The lowest BCUT2D eigenvalue weighted by molar-refractivity contribution is -0.121. The number of aryl methyl sites for hydroxylation is 2. The molecule has 152 valence electrons. The summed E-state index contributed by atoms with van der Waals surface area (Å²) < 4.78 is 2.15. The van der Waals surface area contributed by atoms with Gasteiger partial charge in [-0.15, -0.1) is 0 Å². The van der Waals surface area contributed by atoms with E-state index in [2.05, 4.69) is 90.7 Å². The number of nitrogens with zero attached hydrogens (tertiary/aromatic N) is 1. The smallest absolute Gasteiger partial charge is 0.220 e. The van der Waals surface area contributed by atoms with Gasteiger partial charge in [-0.05, 0) is 36.1 Å². The lowest BCUT2D eigenvalue weighted by Gasteiger charge is -2.18. The van der Waals surface area contributed by atoms with Crippen molar-refractivity contribution < 1.29 is 4.79 Å². The Morgan fingerprint density at radius 2 is 1.63 bits per heavy atom. The summed E-state index contributed by atoms with van der Waals surface area (Å²) in [6.45, 7) is 2.74. The Labute approximate surface area is 178 Å². The molecule has 0 radical (unpaired) electrons. The molecule has 0 aliphatic heterocycles. The van der Waals surface area contributed by atoms with E-state index >= 15 is 0 Å². The van der Waals surface area contributed by atoms with Crippen LogP contribution in [0.15, 0.2) is 85.1 Å². The van der Waals surface area contributed by atoms with Crippen LogP contribution in [0.2, 0.25) is 0 Å². The van der Waals surface area contributed by atoms with Crippen LogP contribution in [0.25, 0.3) is 10.9 Å². The Hall–Kier alpha value is -3.33. The van der Waals surface area contributed by atoms with E-state index in [1.165, 1.54) is 33.2 Å². The first kappa shape index (κ1) is 20.0. The van der Waals surface area contributed by atoms with Crippen LogP contribution in [0, 0.1) is 6.92 Å². The molecule has 0 saturated heterocycles. The van der Waals surface area contributed by atoms with E-state index in [1.807, 2.05) is 18.2 Å². The zero-order valence-electron chi connectivity index (χ0n) is 17.6. The molecule has 30 heavy (non-hydrogen) atoms. The van der Waals surface area contributed by atoms with Gasteiger partial charge in [0.25, 0.3) is 0 Å². The van der Waals surface area contributed by atoms with Crippen molar-refractivity contribution in [1.82, 2.24) is 9.88 Å². The minimum Gasteiger partial charge on any atom is -0.356 e. The predicted octanol–water partition coefficient (Wildman–Crippen LogP) is 5.37. The molecular formula is C27H28N2O. The first-order chi connectivity index (χ1) is 14.6. The summed E-state index contributed by atoms with van der Waals surface area (Å²) >= 11 is 0. The van der Waals surface area contributed by atoms with Gasteiger partial charge in [0.2, 0.25) is 5.91 Å². The second-order valence-corrected chi connectivity index (χ2v) is 7.97. The van der Waals surface area contributed by atoms with Gasteiger partial charge < -0.3 is 9.88 Å². The van der Waals surface area contributed by atoms with Crippen LogP contribution in [-0.2, 0) is 18.3 Å². The largest absolute Gasteiger partial charge is 0.356 e. The summed E-state index contributed by atoms with van der Waals surface area (Å²) in [5.74, 6) is 0.109. The Bertz CT molecular complexity index is 1130. The van der Waals surface area contributed by atoms with Crippen LogP contribution < -0.4 is 5.32 Å². The predicted molar refractivity (Wildman–Crippen MR) is 124 cm³/mol. The first-order valence-electron chi connectivity index (χ1n) is 10.5. The van der Waals surface area contributed by atoms with Crippen LogP contribution in [0.5, 0.6) is 0 Å². The number of carbonyl (C=O) groups excluding carboxylic acids is 1. The number of carbonyl (C=O) groups is 1. The van der Waals surface area contributed by atoms with Gasteiger partial charge in [-0.3, -0.25) is 4.79 Å². The molecule has 1 amide bonds. The van der Waals surface area contributed by atoms with Gasteiger partial charge in [0.05, 0.1) is 0 Å². The van der Waals surface area contributed by atoms with Crippen molar-refractivity contribution in [2.75, 3.05) is 6.54 Å². The topological polar surface area (TPSA) is 34.0 Å². The van der Waals surface area contributed by atoms with Crippen molar-refractivity contribution in [3.63, 3.8) is 0 Å². The molecule has 0 bridgehead atoms. The van der Waals surface area contributed by atoms with Crippen LogP contribution in [-0.4, -0.2) is 17.0 Å². The summed E-state index contributed by atoms with van der Waals surface area (Å²) in [4.78, 5) is 12.9. The van der Waals surface area contributed by atoms with Crippen molar-refractivity contribution >= 4 is 16.8 Å². The van der Waals surface area contributed by atoms with Gasteiger partial charge in [0, 0.05) is 43.0 Å². The van der Waals surface area contributed by atoms with Crippen molar-refractivity contribution in [3.8, 4) is 0 Å². The molecule has 0 fully saturated rings. The SMILES string of the molecule is Cc1ccc([C@H](CC(=O)NCCc2ccccc2)c2cn(C)c3ccccc23)cc1. The molecule has 0 aliphatic carbocycles. The summed E-state index contributed by atoms with van der Waals surface area (Å²) in [7, 11) is 2.07. The molecule has 0 unspecified atom stereocenters. The Morgan fingerprint density at radius 1 is 0.933 bits per heavy atom. The zero-order chi connectivity index (χ0) is 20.9. The van der Waals surface area contributed by atoms with Crippen molar-refractivity contribution in [2.24, 2.45) is 7.05 Å². The van der Waals surface area contributed by atoms with E-state index in [4.69, 9.17) is 0 Å². The number of nitrogens with one attached hydrogen (secondary N) is 1. The third kappa shape index (κ3) is 4.46. The summed E-state index contributed by atoms with van der Waals surface area (Å²) in [6.07, 6.45) is 3.45. The fourth-order valence-electron chi connectivity index (χ4n) is 4.11. The molecule has 1 atom stereocenters. The second kappa shape index (κ2) is 9.00. The molecule has 1 aromatic heterocycles. The van der Waals surface area contributed by atoms with Gasteiger partial charge in [-0.2, -0.15) is 0 Å². The van der Waals surface area contributed by atoms with Gasteiger partial charge in [0.1, 0.15) is 0 Å². The van der Waals surface area contributed by atoms with E-state index in [0.29, 0.717) is 13.0 Å². The lowest BCUT2D eigenvalue weighted by atomic mass is 9.87. The number of para-hydroxylation sites is 1. The molecule has 3 heteroatoms. The van der Waals surface area contributed by atoms with Crippen molar-refractivity contribution in [2.45, 2.75) is 25.7 Å². The highest BCUT2D eigenvalue weighted by Crippen LogP contribution is 2.34. The second-order valence-electron chi connectivity index (χ2n) is 7.97. The molecule has 3 aromatic carbocycles. The van der Waals surface area contributed by atoms with Gasteiger partial charge in [-0.25, -0.2) is 0 Å². The quantitative estimate of drug-likeness (QED) is 0.448. The Kier molecular flexibility index (Phi) is 5.99. The number of benzene rings is 3. The highest BCUT2D eigenvalue weighted by Gasteiger charge is 2.22. The number of rotatable bonds is 7. The van der Waals surface area contributed by atoms with E-state index < -0.39 is 0 Å². The van der Waals surface area contributed by atoms with Crippen LogP contribution in [0.1, 0.15) is 34.6 Å². The van der Waals surface area contributed by atoms with Gasteiger partial charge in [-0.1, -0.05) is 78.4 Å². The number of amides is 1. The molecule has 1 N–H and O–H groups in total. The molecular weight excluding hydrogens is 368 g/mol. The first-order valence-corrected chi connectivity index (χ1v) is 10.5. The summed E-state index contributed by atoms with van der Waals surface area (Å²) in [5.41, 5.74) is 6.03. The Morgan fingerprint density at radius 3 is 2.40 bits per heavy atom. The molecule has 0 spiro atoms. The van der Waals surface area contributed by atoms with E-state index in [0.717, 1.165) is 6.42 Å². The minimum absolute atomic E-state index is 0.0217. The molecule has 0 saturated carbocycles. The third-order valence-electron chi connectivity index (χ3n) is 5.75. The van der Waals surface area contributed by atoms with Crippen LogP contribution in [0.3, 0.4) is 0 Å². The number of aromatic nitrogens is 1. The molecule has 4 rings (SSSR count). The van der Waals surface area contributed by atoms with Crippen molar-refractivity contribution in [3.05, 3.63) is 107 Å². The molecule has 3 nitrogen and oxygen atoms in total. The average Bonchev–Trinajstić information content (AvgIpc) is 3.10. The van der Waals surface area contributed by atoms with Gasteiger partial charge in [0.15, 0.2) is 0 Å². The fourth-order valence-corrected chi connectivity index (χ4v) is 4.11. The van der Waals surface area contributed by atoms with E-state index in [1.54, 1.807) is 0 Å². The fraction of sp³-hybridized carbons (Fsp3) is 0.222. The highest BCUT2D eigenvalue weighted by atomic mass is 16.1. The van der Waals surface area contributed by atoms with Crippen LogP contribution >= 0.6 is 0 Å². The maximum atomic E-state index is 12.9. The monoisotopic (exact) mass is 396 g/mol. The minimum atomic E-state index is 0.0217. The summed E-state index contributed by atoms with van der Waals surface area (Å²) in [5, 5.41) is 4.33. The molecule has 0 aliphatic rings.